The summed E-state index contributed by atoms with van der Waals surface area (Å²) >= 11 is 6.67. The van der Waals surface area contributed by atoms with Gasteiger partial charge in [0, 0.05) is 28.8 Å². The predicted octanol–water partition coefficient (Wildman–Crippen LogP) is 6.11. The number of ketones is 1. The van der Waals surface area contributed by atoms with Gasteiger partial charge in [0.25, 0.3) is 5.91 Å². The largest absolute Gasteiger partial charge is 0.506 e. The van der Waals surface area contributed by atoms with Gasteiger partial charge >= 0.3 is 0 Å². The number of amides is 1. The van der Waals surface area contributed by atoms with E-state index < -0.39 is 0 Å². The zero-order valence-corrected chi connectivity index (χ0v) is 18.9. The molecule has 1 heterocycles. The van der Waals surface area contributed by atoms with Gasteiger partial charge in [-0.15, -0.1) is 0 Å². The Kier molecular flexibility index (Phi) is 6.40. The number of benzene rings is 2. The first-order chi connectivity index (χ1) is 13.3. The molecule has 0 unspecified atom stereocenters. The summed E-state index contributed by atoms with van der Waals surface area (Å²) in [4.78, 5) is 24.8. The number of hydrogen-bond donors (Lipinski definition) is 2. The van der Waals surface area contributed by atoms with Crippen molar-refractivity contribution in [3.63, 3.8) is 0 Å². The van der Waals surface area contributed by atoms with E-state index >= 15 is 0 Å². The standard InChI is InChI=1S/C22H21Br2NO3/c1-12(2)8-20(26)14-6-7-19-16(11-14)15(22(28)25-19)5-3-4-13-9-17(23)21(27)18(24)10-13/h5-7,9-12,27H,3-4,8H2,1-2H3,(H,25,28)/b15-5-. The van der Waals surface area contributed by atoms with Crippen molar-refractivity contribution in [1.29, 1.82) is 0 Å². The minimum Gasteiger partial charge on any atom is -0.506 e. The van der Waals surface area contributed by atoms with Crippen LogP contribution in [0.4, 0.5) is 5.69 Å². The average molecular weight is 507 g/mol. The summed E-state index contributed by atoms with van der Waals surface area (Å²) in [6.45, 7) is 4.03. The molecule has 0 aliphatic carbocycles. The van der Waals surface area contributed by atoms with Crippen LogP contribution in [0.1, 0.15) is 48.2 Å². The van der Waals surface area contributed by atoms with Gasteiger partial charge in [0.1, 0.15) is 5.75 Å². The number of nitrogens with one attached hydrogen (secondary N) is 1. The number of allylic oxidation sites excluding steroid dienone is 1. The number of carbonyl (C=O) groups excluding carboxylic acids is 2. The van der Waals surface area contributed by atoms with E-state index in [2.05, 4.69) is 37.2 Å². The highest BCUT2D eigenvalue weighted by Crippen LogP contribution is 2.35. The van der Waals surface area contributed by atoms with Gasteiger partial charge < -0.3 is 10.4 Å². The molecule has 4 nitrogen and oxygen atoms in total. The highest BCUT2D eigenvalue weighted by atomic mass is 79.9. The Morgan fingerprint density at radius 2 is 1.86 bits per heavy atom. The number of rotatable bonds is 6. The highest BCUT2D eigenvalue weighted by molar-refractivity contribution is 9.11. The third-order valence-corrected chi connectivity index (χ3v) is 5.79. The monoisotopic (exact) mass is 505 g/mol. The molecule has 2 aromatic rings. The number of aromatic hydroxyl groups is 1. The number of phenolic OH excluding ortho intramolecular Hbond substituents is 1. The zero-order valence-electron chi connectivity index (χ0n) is 15.7. The average Bonchev–Trinajstić information content (AvgIpc) is 2.93. The maximum atomic E-state index is 12.4. The minimum atomic E-state index is -0.142. The van der Waals surface area contributed by atoms with Crippen molar-refractivity contribution < 1.29 is 14.7 Å². The lowest BCUT2D eigenvalue weighted by Gasteiger charge is -2.07. The summed E-state index contributed by atoms with van der Waals surface area (Å²) in [5.41, 5.74) is 3.81. The Morgan fingerprint density at radius 1 is 1.18 bits per heavy atom. The minimum absolute atomic E-state index is 0.0929. The van der Waals surface area contributed by atoms with Gasteiger partial charge in [0.2, 0.25) is 0 Å². The first kappa shape index (κ1) is 20.8. The third-order valence-electron chi connectivity index (χ3n) is 4.58. The normalized spacial score (nSPS) is 14.5. The maximum Gasteiger partial charge on any atom is 0.256 e. The van der Waals surface area contributed by atoms with Crippen molar-refractivity contribution in [2.24, 2.45) is 5.92 Å². The van der Waals surface area contributed by atoms with Gasteiger partial charge in [-0.25, -0.2) is 0 Å². The van der Waals surface area contributed by atoms with Crippen LogP contribution in [0.25, 0.3) is 5.57 Å². The number of Topliss-reactive ketones (excluding diaryl/α,β-unsaturated/α-hetero) is 1. The molecule has 0 spiro atoms. The Bertz CT molecular complexity index is 957. The summed E-state index contributed by atoms with van der Waals surface area (Å²) in [5.74, 6) is 0.413. The van der Waals surface area contributed by atoms with Crippen molar-refractivity contribution in [2.45, 2.75) is 33.1 Å². The van der Waals surface area contributed by atoms with E-state index in [0.717, 1.165) is 23.2 Å². The molecule has 0 aromatic heterocycles. The number of phenols is 1. The molecule has 0 radical (unpaired) electrons. The first-order valence-corrected chi connectivity index (χ1v) is 10.7. The van der Waals surface area contributed by atoms with Gasteiger partial charge in [-0.1, -0.05) is 19.9 Å². The molecule has 6 heteroatoms. The van der Waals surface area contributed by atoms with Gasteiger partial charge in [0.05, 0.1) is 8.95 Å². The molecular formula is C22H21Br2NO3. The Balaban J connectivity index is 1.80. The van der Waals surface area contributed by atoms with Crippen molar-refractivity contribution in [3.8, 4) is 5.75 Å². The summed E-state index contributed by atoms with van der Waals surface area (Å²) in [6, 6.07) is 9.12. The molecule has 0 saturated carbocycles. The molecule has 0 bridgehead atoms. The van der Waals surface area contributed by atoms with E-state index in [0.29, 0.717) is 38.8 Å². The van der Waals surface area contributed by atoms with Crippen LogP contribution in [0, 0.1) is 5.92 Å². The van der Waals surface area contributed by atoms with Gasteiger partial charge in [-0.3, -0.25) is 9.59 Å². The number of carbonyl (C=O) groups is 2. The molecular weight excluding hydrogens is 486 g/mol. The van der Waals surface area contributed by atoms with Crippen LogP contribution in [0.15, 0.2) is 45.4 Å². The fourth-order valence-electron chi connectivity index (χ4n) is 3.20. The third kappa shape index (κ3) is 4.55. The number of aryl methyl sites for hydroxylation is 1. The fraction of sp³-hybridized carbons (Fsp3) is 0.273. The number of fused-ring (bicyclic) bond motifs is 1. The molecule has 146 valence electrons. The molecule has 0 fully saturated rings. The second-order valence-corrected chi connectivity index (χ2v) is 9.01. The quantitative estimate of drug-likeness (QED) is 0.366. The van der Waals surface area contributed by atoms with Crippen molar-refractivity contribution in [2.75, 3.05) is 5.32 Å². The molecule has 1 aliphatic heterocycles. The van der Waals surface area contributed by atoms with Crippen molar-refractivity contribution in [1.82, 2.24) is 0 Å². The van der Waals surface area contributed by atoms with E-state index in [9.17, 15) is 14.7 Å². The lowest BCUT2D eigenvalue weighted by molar-refractivity contribution is -0.110. The topological polar surface area (TPSA) is 66.4 Å². The molecule has 0 atom stereocenters. The fourth-order valence-corrected chi connectivity index (χ4v) is 4.48. The van der Waals surface area contributed by atoms with Gasteiger partial charge in [0.15, 0.2) is 5.78 Å². The predicted molar refractivity (Wildman–Crippen MR) is 119 cm³/mol. The summed E-state index contributed by atoms with van der Waals surface area (Å²) < 4.78 is 1.25. The van der Waals surface area contributed by atoms with Crippen LogP contribution in [-0.4, -0.2) is 16.8 Å². The van der Waals surface area contributed by atoms with E-state index in [4.69, 9.17) is 0 Å². The maximum absolute atomic E-state index is 12.4. The molecule has 3 rings (SSSR count). The summed E-state index contributed by atoms with van der Waals surface area (Å²) in [6.07, 6.45) is 3.78. The van der Waals surface area contributed by atoms with E-state index in [1.165, 1.54) is 0 Å². The van der Waals surface area contributed by atoms with Gasteiger partial charge in [-0.2, -0.15) is 0 Å². The second-order valence-electron chi connectivity index (χ2n) is 7.30. The molecule has 28 heavy (non-hydrogen) atoms. The lowest BCUT2D eigenvalue weighted by Crippen LogP contribution is -2.03. The summed E-state index contributed by atoms with van der Waals surface area (Å²) in [7, 11) is 0. The van der Waals surface area contributed by atoms with E-state index in [1.54, 1.807) is 12.1 Å². The molecule has 1 amide bonds. The molecule has 1 aliphatic rings. The van der Waals surface area contributed by atoms with Gasteiger partial charge in [-0.05, 0) is 86.5 Å². The van der Waals surface area contributed by atoms with E-state index in [-0.39, 0.29) is 17.4 Å². The Morgan fingerprint density at radius 3 is 2.50 bits per heavy atom. The molecule has 2 aromatic carbocycles. The van der Waals surface area contributed by atoms with E-state index in [1.807, 2.05) is 38.1 Å². The molecule has 0 saturated heterocycles. The SMILES string of the molecule is CC(C)CC(=O)c1ccc2c(c1)/C(=C/CCc1cc(Br)c(O)c(Br)c1)C(=O)N2. The van der Waals surface area contributed by atoms with Crippen LogP contribution in [-0.2, 0) is 11.2 Å². The lowest BCUT2D eigenvalue weighted by atomic mass is 9.97. The van der Waals surface area contributed by atoms with Crippen LogP contribution >= 0.6 is 31.9 Å². The number of halogens is 2. The highest BCUT2D eigenvalue weighted by Gasteiger charge is 2.25. The van der Waals surface area contributed by atoms with Crippen molar-refractivity contribution in [3.05, 3.63) is 62.0 Å². The Labute approximate surface area is 181 Å². The summed E-state index contributed by atoms with van der Waals surface area (Å²) in [5, 5.41) is 12.7. The number of anilines is 1. The van der Waals surface area contributed by atoms with Crippen LogP contribution in [0.2, 0.25) is 0 Å². The van der Waals surface area contributed by atoms with Crippen LogP contribution < -0.4 is 5.32 Å². The van der Waals surface area contributed by atoms with Crippen LogP contribution in [0.3, 0.4) is 0 Å². The zero-order chi connectivity index (χ0) is 20.4. The number of hydrogen-bond acceptors (Lipinski definition) is 3. The molecule has 2 N–H and O–H groups in total. The van der Waals surface area contributed by atoms with Crippen molar-refractivity contribution >= 4 is 54.8 Å². The second kappa shape index (κ2) is 8.62. The first-order valence-electron chi connectivity index (χ1n) is 9.12. The Hall–Kier alpha value is -1.92. The smallest absolute Gasteiger partial charge is 0.256 e. The van der Waals surface area contributed by atoms with Crippen LogP contribution in [0.5, 0.6) is 5.75 Å².